The monoisotopic (exact) mass is 377 g/mol. The Bertz CT molecular complexity index is 1290. The number of fused-ring (bicyclic) bond motifs is 5. The van der Waals surface area contributed by atoms with Gasteiger partial charge in [0.25, 0.3) is 0 Å². The SMILES string of the molecule is COc1cc2ccc3c(c2cc1OC)C(c1ccccc1)c1cc(C#N)ccc1-3. The van der Waals surface area contributed by atoms with Crippen LogP contribution < -0.4 is 9.47 Å². The van der Waals surface area contributed by atoms with Crippen LogP contribution in [0.2, 0.25) is 0 Å². The summed E-state index contributed by atoms with van der Waals surface area (Å²) in [6.07, 6.45) is 0. The first kappa shape index (κ1) is 17.3. The van der Waals surface area contributed by atoms with Gasteiger partial charge in [-0.15, -0.1) is 0 Å². The molecule has 29 heavy (non-hydrogen) atoms. The van der Waals surface area contributed by atoms with Crippen molar-refractivity contribution < 1.29 is 9.47 Å². The van der Waals surface area contributed by atoms with Crippen molar-refractivity contribution in [3.63, 3.8) is 0 Å². The van der Waals surface area contributed by atoms with Gasteiger partial charge in [0.2, 0.25) is 0 Å². The summed E-state index contributed by atoms with van der Waals surface area (Å²) in [6.45, 7) is 0. The molecule has 0 fully saturated rings. The zero-order chi connectivity index (χ0) is 20.0. The molecule has 0 saturated heterocycles. The fraction of sp³-hybridized carbons (Fsp3) is 0.115. The molecular weight excluding hydrogens is 358 g/mol. The molecule has 1 unspecified atom stereocenters. The van der Waals surface area contributed by atoms with E-state index in [9.17, 15) is 5.26 Å². The third kappa shape index (κ3) is 2.57. The molecule has 0 amide bonds. The zero-order valence-corrected chi connectivity index (χ0v) is 16.3. The molecule has 0 saturated carbocycles. The van der Waals surface area contributed by atoms with Crippen LogP contribution in [0.3, 0.4) is 0 Å². The van der Waals surface area contributed by atoms with E-state index in [0.717, 1.165) is 16.5 Å². The molecule has 4 aromatic rings. The van der Waals surface area contributed by atoms with E-state index in [-0.39, 0.29) is 5.92 Å². The Hall–Kier alpha value is -3.77. The summed E-state index contributed by atoms with van der Waals surface area (Å²) in [5.41, 5.74) is 6.71. The molecule has 0 aliphatic heterocycles. The fourth-order valence-corrected chi connectivity index (χ4v) is 4.48. The minimum Gasteiger partial charge on any atom is -0.493 e. The van der Waals surface area contributed by atoms with Crippen LogP contribution in [-0.4, -0.2) is 14.2 Å². The summed E-state index contributed by atoms with van der Waals surface area (Å²) in [4.78, 5) is 0. The van der Waals surface area contributed by atoms with E-state index in [2.05, 4.69) is 54.6 Å². The fourth-order valence-electron chi connectivity index (χ4n) is 4.48. The van der Waals surface area contributed by atoms with Crippen molar-refractivity contribution in [1.29, 1.82) is 5.26 Å². The van der Waals surface area contributed by atoms with E-state index < -0.39 is 0 Å². The van der Waals surface area contributed by atoms with Gasteiger partial charge in [0, 0.05) is 5.92 Å². The summed E-state index contributed by atoms with van der Waals surface area (Å²) in [5.74, 6) is 1.50. The van der Waals surface area contributed by atoms with Gasteiger partial charge in [0.1, 0.15) is 0 Å². The summed E-state index contributed by atoms with van der Waals surface area (Å²) >= 11 is 0. The maximum Gasteiger partial charge on any atom is 0.161 e. The molecule has 3 heteroatoms. The van der Waals surface area contributed by atoms with Gasteiger partial charge < -0.3 is 9.47 Å². The van der Waals surface area contributed by atoms with Gasteiger partial charge in [-0.25, -0.2) is 0 Å². The highest BCUT2D eigenvalue weighted by atomic mass is 16.5. The topological polar surface area (TPSA) is 42.2 Å². The molecule has 5 rings (SSSR count). The van der Waals surface area contributed by atoms with E-state index in [1.807, 2.05) is 24.3 Å². The second-order valence-electron chi connectivity index (χ2n) is 7.21. The minimum absolute atomic E-state index is 0.0660. The number of benzene rings is 4. The van der Waals surface area contributed by atoms with E-state index in [1.165, 1.54) is 27.8 Å². The van der Waals surface area contributed by atoms with Crippen molar-refractivity contribution in [3.05, 3.63) is 95.1 Å². The van der Waals surface area contributed by atoms with Crippen molar-refractivity contribution in [1.82, 2.24) is 0 Å². The molecule has 3 nitrogen and oxygen atoms in total. The van der Waals surface area contributed by atoms with Gasteiger partial charge >= 0.3 is 0 Å². The molecule has 1 aliphatic carbocycles. The molecule has 0 radical (unpaired) electrons. The highest BCUT2D eigenvalue weighted by molar-refractivity contribution is 5.98. The van der Waals surface area contributed by atoms with Crippen LogP contribution in [0.25, 0.3) is 21.9 Å². The standard InChI is InChI=1S/C26H19NO2/c1-28-23-13-18-9-11-20-19-10-8-16(15-27)12-22(19)25(17-6-4-3-5-7-17)26(20)21(18)14-24(23)29-2/h3-14,25H,1-2H3. The van der Waals surface area contributed by atoms with Gasteiger partial charge in [0.05, 0.1) is 25.9 Å². The first-order valence-electron chi connectivity index (χ1n) is 9.53. The largest absolute Gasteiger partial charge is 0.493 e. The van der Waals surface area contributed by atoms with Gasteiger partial charge in [0.15, 0.2) is 11.5 Å². The molecule has 0 N–H and O–H groups in total. The van der Waals surface area contributed by atoms with Gasteiger partial charge in [-0.2, -0.15) is 5.26 Å². The van der Waals surface area contributed by atoms with Crippen LogP contribution in [0.1, 0.15) is 28.2 Å². The molecule has 1 atom stereocenters. The van der Waals surface area contributed by atoms with Crippen LogP contribution in [0.4, 0.5) is 0 Å². The lowest BCUT2D eigenvalue weighted by molar-refractivity contribution is 0.356. The average Bonchev–Trinajstić information content (AvgIpc) is 3.12. The number of hydrogen-bond donors (Lipinski definition) is 0. The minimum atomic E-state index is 0.0660. The number of hydrogen-bond acceptors (Lipinski definition) is 3. The molecule has 0 bridgehead atoms. The highest BCUT2D eigenvalue weighted by Gasteiger charge is 2.32. The van der Waals surface area contributed by atoms with Crippen LogP contribution in [0.5, 0.6) is 11.5 Å². The summed E-state index contributed by atoms with van der Waals surface area (Å²) in [7, 11) is 3.32. The molecule has 0 aromatic heterocycles. The van der Waals surface area contributed by atoms with Gasteiger partial charge in [-0.3, -0.25) is 0 Å². The number of methoxy groups -OCH3 is 2. The van der Waals surface area contributed by atoms with Crippen LogP contribution >= 0.6 is 0 Å². The predicted molar refractivity (Wildman–Crippen MR) is 115 cm³/mol. The molecule has 1 aliphatic rings. The quantitative estimate of drug-likeness (QED) is 0.394. The van der Waals surface area contributed by atoms with E-state index in [0.29, 0.717) is 11.3 Å². The maximum absolute atomic E-state index is 9.46. The van der Waals surface area contributed by atoms with Gasteiger partial charge in [-0.1, -0.05) is 48.5 Å². The highest BCUT2D eigenvalue weighted by Crippen LogP contribution is 2.51. The smallest absolute Gasteiger partial charge is 0.161 e. The predicted octanol–water partition coefficient (Wildman–Crippen LogP) is 5.89. The van der Waals surface area contributed by atoms with E-state index in [1.54, 1.807) is 14.2 Å². The third-order valence-electron chi connectivity index (χ3n) is 5.77. The number of nitriles is 1. The van der Waals surface area contributed by atoms with E-state index in [4.69, 9.17) is 9.47 Å². The number of ether oxygens (including phenoxy) is 2. The van der Waals surface area contributed by atoms with Crippen molar-refractivity contribution >= 4 is 10.8 Å². The maximum atomic E-state index is 9.46. The lowest BCUT2D eigenvalue weighted by Crippen LogP contribution is -2.01. The normalized spacial score (nSPS) is 14.2. The van der Waals surface area contributed by atoms with Crippen LogP contribution in [-0.2, 0) is 0 Å². The Balaban J connectivity index is 1.87. The lowest BCUT2D eigenvalue weighted by atomic mass is 9.86. The number of rotatable bonds is 3. The summed E-state index contributed by atoms with van der Waals surface area (Å²) < 4.78 is 11.1. The van der Waals surface area contributed by atoms with Crippen molar-refractivity contribution in [3.8, 4) is 28.7 Å². The van der Waals surface area contributed by atoms with Crippen molar-refractivity contribution in [2.45, 2.75) is 5.92 Å². The Morgan fingerprint density at radius 3 is 2.24 bits per heavy atom. The first-order chi connectivity index (χ1) is 14.2. The zero-order valence-electron chi connectivity index (χ0n) is 16.3. The first-order valence-corrected chi connectivity index (χ1v) is 9.53. The van der Waals surface area contributed by atoms with Crippen molar-refractivity contribution in [2.75, 3.05) is 14.2 Å². The lowest BCUT2D eigenvalue weighted by Gasteiger charge is -2.18. The molecule has 0 spiro atoms. The molecule has 0 heterocycles. The van der Waals surface area contributed by atoms with Crippen LogP contribution in [0.15, 0.2) is 72.8 Å². The summed E-state index contributed by atoms with van der Waals surface area (Å²) in [6, 6.07) is 27.2. The van der Waals surface area contributed by atoms with E-state index >= 15 is 0 Å². The average molecular weight is 377 g/mol. The Labute approximate surface area is 169 Å². The van der Waals surface area contributed by atoms with Crippen molar-refractivity contribution in [2.24, 2.45) is 0 Å². The molecular formula is C26H19NO2. The number of nitrogens with zero attached hydrogens (tertiary/aromatic N) is 1. The Morgan fingerprint density at radius 1 is 0.793 bits per heavy atom. The second kappa shape index (κ2) is 6.68. The Morgan fingerprint density at radius 2 is 1.52 bits per heavy atom. The molecule has 4 aromatic carbocycles. The Kier molecular flexibility index (Phi) is 4.00. The van der Waals surface area contributed by atoms with Crippen LogP contribution in [0, 0.1) is 11.3 Å². The molecule has 140 valence electrons. The van der Waals surface area contributed by atoms with Gasteiger partial charge in [-0.05, 0) is 62.9 Å². The third-order valence-corrected chi connectivity index (χ3v) is 5.77. The summed E-state index contributed by atoms with van der Waals surface area (Å²) in [5, 5.41) is 11.7. The second-order valence-corrected chi connectivity index (χ2v) is 7.21.